The Kier molecular flexibility index (Phi) is 6.26. The normalized spacial score (nSPS) is 24.1. The maximum absolute atomic E-state index is 13.7. The van der Waals surface area contributed by atoms with E-state index in [9.17, 15) is 28.4 Å². The van der Waals surface area contributed by atoms with E-state index in [1.165, 1.54) is 13.2 Å². The van der Waals surface area contributed by atoms with E-state index in [0.717, 1.165) is 12.8 Å². The predicted molar refractivity (Wildman–Crippen MR) is 129 cm³/mol. The molecule has 9 nitrogen and oxygen atoms in total. The monoisotopic (exact) mass is 533 g/mol. The van der Waals surface area contributed by atoms with Gasteiger partial charge in [-0.1, -0.05) is 11.6 Å². The number of ether oxygens (including phenoxy) is 1. The molecule has 0 bridgehead atoms. The lowest BCUT2D eigenvalue weighted by Gasteiger charge is -2.21. The van der Waals surface area contributed by atoms with E-state index in [2.05, 4.69) is 20.9 Å². The van der Waals surface area contributed by atoms with E-state index in [0.29, 0.717) is 28.1 Å². The van der Waals surface area contributed by atoms with Crippen molar-refractivity contribution >= 4 is 40.2 Å². The van der Waals surface area contributed by atoms with Crippen LogP contribution in [0.15, 0.2) is 18.2 Å². The third-order valence-electron chi connectivity index (χ3n) is 7.47. The van der Waals surface area contributed by atoms with Crippen LogP contribution in [0.25, 0.3) is 10.9 Å². The second-order valence-electron chi connectivity index (χ2n) is 10.3. The van der Waals surface area contributed by atoms with Crippen molar-refractivity contribution in [2.45, 2.75) is 62.1 Å². The smallest absolute Gasteiger partial charge is 0.268 e. The van der Waals surface area contributed by atoms with Gasteiger partial charge in [0.1, 0.15) is 23.5 Å². The topological polar surface area (TPSA) is 136 Å². The van der Waals surface area contributed by atoms with Crippen LogP contribution in [0, 0.1) is 23.2 Å². The molecule has 4 atom stereocenters. The van der Waals surface area contributed by atoms with Gasteiger partial charge in [-0.3, -0.25) is 14.4 Å². The van der Waals surface area contributed by atoms with Crippen molar-refractivity contribution in [3.05, 3.63) is 28.9 Å². The Morgan fingerprint density at radius 3 is 2.57 bits per heavy atom. The highest BCUT2D eigenvalue weighted by atomic mass is 35.5. The molecule has 2 saturated carbocycles. The van der Waals surface area contributed by atoms with Crippen LogP contribution in [0.2, 0.25) is 5.02 Å². The summed E-state index contributed by atoms with van der Waals surface area (Å²) in [6.45, 7) is 0. The largest absolute Gasteiger partial charge is 0.496 e. The van der Waals surface area contributed by atoms with Gasteiger partial charge in [-0.25, -0.2) is 8.78 Å². The molecule has 1 aliphatic heterocycles. The summed E-state index contributed by atoms with van der Waals surface area (Å²) < 4.78 is 32.7. The number of hydrogen-bond acceptors (Lipinski definition) is 5. The lowest BCUT2D eigenvalue weighted by molar-refractivity contribution is -0.125. The van der Waals surface area contributed by atoms with Crippen LogP contribution in [0.3, 0.4) is 0 Å². The Bertz CT molecular complexity index is 1320. The highest BCUT2D eigenvalue weighted by Gasteiger charge is 2.58. The lowest BCUT2D eigenvalue weighted by atomic mass is 9.95. The van der Waals surface area contributed by atoms with Crippen LogP contribution < -0.4 is 20.7 Å². The number of aromatic amines is 1. The zero-order chi connectivity index (χ0) is 26.5. The maximum atomic E-state index is 13.7. The maximum Gasteiger partial charge on any atom is 0.268 e. The number of hydrogen-bond donors (Lipinski definition) is 4. The fourth-order valence-corrected chi connectivity index (χ4v) is 5.30. The van der Waals surface area contributed by atoms with Gasteiger partial charge in [0.15, 0.2) is 0 Å². The molecule has 1 saturated heterocycles. The third-order valence-corrected chi connectivity index (χ3v) is 7.69. The van der Waals surface area contributed by atoms with Crippen LogP contribution in [0.5, 0.6) is 5.75 Å². The predicted octanol–water partition coefficient (Wildman–Crippen LogP) is 3.04. The molecule has 2 aliphatic carbocycles. The fraction of sp³-hybridized carbons (Fsp3) is 0.520. The molecule has 3 fully saturated rings. The van der Waals surface area contributed by atoms with Crippen molar-refractivity contribution < 1.29 is 27.9 Å². The van der Waals surface area contributed by atoms with Gasteiger partial charge in [-0.2, -0.15) is 5.26 Å². The molecule has 37 heavy (non-hydrogen) atoms. The molecule has 3 aliphatic rings. The van der Waals surface area contributed by atoms with Crippen molar-refractivity contribution in [2.75, 3.05) is 7.11 Å². The Balaban J connectivity index is 1.29. The van der Waals surface area contributed by atoms with Crippen molar-refractivity contribution in [2.24, 2.45) is 11.8 Å². The number of carbonyl (C=O) groups is 3. The Hall–Kier alpha value is -3.39. The van der Waals surface area contributed by atoms with E-state index in [1.54, 1.807) is 12.1 Å². The minimum absolute atomic E-state index is 0.0881. The molecule has 1 spiro atoms. The summed E-state index contributed by atoms with van der Waals surface area (Å²) in [4.78, 5) is 41.3. The molecule has 0 radical (unpaired) electrons. The number of rotatable bonds is 9. The molecule has 1 aromatic heterocycles. The van der Waals surface area contributed by atoms with Crippen molar-refractivity contribution in [3.8, 4) is 11.8 Å². The molecule has 3 amide bonds. The van der Waals surface area contributed by atoms with Gasteiger partial charge in [0.25, 0.3) is 11.8 Å². The average Bonchev–Trinajstić information content (AvgIpc) is 3.61. The van der Waals surface area contributed by atoms with E-state index in [4.69, 9.17) is 16.3 Å². The van der Waals surface area contributed by atoms with Gasteiger partial charge in [-0.05, 0) is 50.3 Å². The summed E-state index contributed by atoms with van der Waals surface area (Å²) in [7, 11) is 1.46. The first-order valence-electron chi connectivity index (χ1n) is 12.1. The van der Waals surface area contributed by atoms with Gasteiger partial charge >= 0.3 is 0 Å². The third kappa shape index (κ3) is 5.21. The van der Waals surface area contributed by atoms with Gasteiger partial charge in [-0.15, -0.1) is 0 Å². The van der Waals surface area contributed by atoms with Crippen molar-refractivity contribution in [1.29, 1.82) is 5.26 Å². The first-order chi connectivity index (χ1) is 17.5. The molecule has 1 aromatic carbocycles. The summed E-state index contributed by atoms with van der Waals surface area (Å²) in [5.74, 6) is -5.52. The number of alkyl halides is 2. The Morgan fingerprint density at radius 1 is 1.24 bits per heavy atom. The molecular weight excluding hydrogens is 508 g/mol. The summed E-state index contributed by atoms with van der Waals surface area (Å²) in [6.07, 6.45) is 1.84. The molecule has 196 valence electrons. The number of nitrogens with one attached hydrogen (secondary N) is 4. The number of carbonyl (C=O) groups excluding carboxylic acids is 3. The zero-order valence-corrected chi connectivity index (χ0v) is 20.8. The van der Waals surface area contributed by atoms with E-state index >= 15 is 0 Å². The molecule has 4 N–H and O–H groups in total. The number of fused-ring (bicyclic) bond motifs is 1. The SMILES string of the molecule is COc1cc(Cl)cc2[nH]c(C(=O)N[C@@H](CC3CC3(F)F)C(=O)N[C@H](C#N)C[C@@H]3CC4(CC4)NC3=O)cc12. The Labute approximate surface area is 216 Å². The van der Waals surface area contributed by atoms with Crippen molar-refractivity contribution in [1.82, 2.24) is 20.9 Å². The van der Waals surface area contributed by atoms with Gasteiger partial charge in [0.05, 0.1) is 18.7 Å². The van der Waals surface area contributed by atoms with Crippen LogP contribution in [0.1, 0.15) is 49.0 Å². The van der Waals surface area contributed by atoms with Crippen LogP contribution in [-0.2, 0) is 9.59 Å². The van der Waals surface area contributed by atoms with Gasteiger partial charge in [0.2, 0.25) is 11.8 Å². The highest BCUT2D eigenvalue weighted by molar-refractivity contribution is 6.31. The molecule has 1 unspecified atom stereocenters. The minimum Gasteiger partial charge on any atom is -0.496 e. The van der Waals surface area contributed by atoms with E-state index in [1.807, 2.05) is 6.07 Å². The first kappa shape index (κ1) is 25.3. The van der Waals surface area contributed by atoms with Gasteiger partial charge < -0.3 is 25.7 Å². The fourth-order valence-electron chi connectivity index (χ4n) is 5.09. The number of aromatic nitrogens is 1. The van der Waals surface area contributed by atoms with Crippen LogP contribution in [-0.4, -0.2) is 53.4 Å². The molecule has 5 rings (SSSR count). The summed E-state index contributed by atoms with van der Waals surface area (Å²) in [5.41, 5.74) is 0.439. The summed E-state index contributed by atoms with van der Waals surface area (Å²) in [6, 6.07) is 4.39. The number of nitrogens with zero attached hydrogens (tertiary/aromatic N) is 1. The number of nitriles is 1. The number of amides is 3. The Morgan fingerprint density at radius 2 is 1.97 bits per heavy atom. The number of methoxy groups -OCH3 is 1. The summed E-state index contributed by atoms with van der Waals surface area (Å²) in [5, 5.41) is 18.6. The molecule has 12 heteroatoms. The van der Waals surface area contributed by atoms with E-state index in [-0.39, 0.29) is 36.4 Å². The quantitative estimate of drug-likeness (QED) is 0.393. The van der Waals surface area contributed by atoms with Crippen LogP contribution >= 0.6 is 11.6 Å². The average molecular weight is 534 g/mol. The zero-order valence-electron chi connectivity index (χ0n) is 20.0. The highest BCUT2D eigenvalue weighted by Crippen LogP contribution is 2.51. The number of halogens is 3. The van der Waals surface area contributed by atoms with Crippen LogP contribution in [0.4, 0.5) is 8.78 Å². The first-order valence-corrected chi connectivity index (χ1v) is 12.5. The molecule has 2 aromatic rings. The number of H-pyrrole nitrogens is 1. The minimum atomic E-state index is -2.90. The second kappa shape index (κ2) is 9.17. The summed E-state index contributed by atoms with van der Waals surface area (Å²) >= 11 is 6.08. The molecular formula is C25H26ClF2N5O4. The van der Waals surface area contributed by atoms with Crippen molar-refractivity contribution in [3.63, 3.8) is 0 Å². The van der Waals surface area contributed by atoms with E-state index < -0.39 is 41.7 Å². The number of benzene rings is 1. The lowest BCUT2D eigenvalue weighted by Crippen LogP contribution is -2.50. The van der Waals surface area contributed by atoms with Gasteiger partial charge in [0, 0.05) is 34.2 Å². The second-order valence-corrected chi connectivity index (χ2v) is 10.7. The standard InChI is InChI=1S/C25H26ClF2N5O4/c1-37-20-7-14(26)6-17-16(20)8-19(31-17)23(36)32-18(5-13-10-25(13,27)28)22(35)30-15(11-29)4-12-9-24(2-3-24)33-21(12)34/h6-8,12-13,15,18,31H,2-5,9-10H2,1H3,(H,30,35)(H,32,36)(H,33,34)/t12-,13?,15+,18+/m1/s1. The molecule has 2 heterocycles.